The second kappa shape index (κ2) is 5.39. The Kier molecular flexibility index (Phi) is 3.57. The summed E-state index contributed by atoms with van der Waals surface area (Å²) in [6, 6.07) is 7.15. The second-order valence-corrected chi connectivity index (χ2v) is 5.76. The summed E-state index contributed by atoms with van der Waals surface area (Å²) in [5.41, 5.74) is -0.120. The number of benzene rings is 1. The smallest absolute Gasteiger partial charge is 0.240 e. The zero-order valence-electron chi connectivity index (χ0n) is 12.2. The Balaban J connectivity index is 1.67. The van der Waals surface area contributed by atoms with Gasteiger partial charge in [0.25, 0.3) is 0 Å². The quantitative estimate of drug-likeness (QED) is 0.863. The van der Waals surface area contributed by atoms with Crippen LogP contribution in [0.1, 0.15) is 25.7 Å². The van der Waals surface area contributed by atoms with Gasteiger partial charge in [0.2, 0.25) is 11.8 Å². The van der Waals surface area contributed by atoms with Gasteiger partial charge in [-0.05, 0) is 49.9 Å². The lowest BCUT2D eigenvalue weighted by Gasteiger charge is -2.22. The van der Waals surface area contributed by atoms with Gasteiger partial charge in [-0.15, -0.1) is 0 Å². The molecule has 1 N–H and O–H groups in total. The Morgan fingerprint density at radius 1 is 1.14 bits per heavy atom. The molecule has 1 aromatic rings. The van der Waals surface area contributed by atoms with E-state index in [9.17, 15) is 9.59 Å². The molecule has 2 amide bonds. The standard InChI is InChI=1S/C16H20N2O3/c1-21-13-6-4-12(5-7-13)17-14(19)16(8-9-16)15(20)18-10-2-3-11-18/h4-7H,2-3,8-11H2,1H3,(H,17,19). The van der Waals surface area contributed by atoms with Crippen LogP contribution >= 0.6 is 0 Å². The maximum Gasteiger partial charge on any atom is 0.240 e. The van der Waals surface area contributed by atoms with E-state index in [-0.39, 0.29) is 11.8 Å². The van der Waals surface area contributed by atoms with Gasteiger partial charge in [0.05, 0.1) is 7.11 Å². The fraction of sp³-hybridized carbons (Fsp3) is 0.500. The average molecular weight is 288 g/mol. The van der Waals surface area contributed by atoms with Crippen molar-refractivity contribution in [2.45, 2.75) is 25.7 Å². The predicted molar refractivity (Wildman–Crippen MR) is 79.1 cm³/mol. The number of hydrogen-bond donors (Lipinski definition) is 1. The number of ether oxygens (including phenoxy) is 1. The molecule has 0 atom stereocenters. The van der Waals surface area contributed by atoms with Crippen molar-refractivity contribution in [1.29, 1.82) is 0 Å². The summed E-state index contributed by atoms with van der Waals surface area (Å²) in [7, 11) is 1.60. The zero-order valence-corrected chi connectivity index (χ0v) is 12.2. The van der Waals surface area contributed by atoms with Gasteiger partial charge in [-0.1, -0.05) is 0 Å². The van der Waals surface area contributed by atoms with Gasteiger partial charge < -0.3 is 15.0 Å². The lowest BCUT2D eigenvalue weighted by Crippen LogP contribution is -2.41. The number of nitrogens with zero attached hydrogens (tertiary/aromatic N) is 1. The first-order valence-electron chi connectivity index (χ1n) is 7.41. The first-order valence-corrected chi connectivity index (χ1v) is 7.41. The largest absolute Gasteiger partial charge is 0.497 e. The lowest BCUT2D eigenvalue weighted by atomic mass is 10.0. The van der Waals surface area contributed by atoms with E-state index >= 15 is 0 Å². The topological polar surface area (TPSA) is 58.6 Å². The second-order valence-electron chi connectivity index (χ2n) is 5.76. The van der Waals surface area contributed by atoms with Crippen molar-refractivity contribution < 1.29 is 14.3 Å². The Morgan fingerprint density at radius 2 is 1.76 bits per heavy atom. The molecule has 0 aromatic heterocycles. The van der Waals surface area contributed by atoms with Crippen LogP contribution in [0.15, 0.2) is 24.3 Å². The molecule has 1 aromatic carbocycles. The highest BCUT2D eigenvalue weighted by Gasteiger charge is 2.58. The van der Waals surface area contributed by atoms with Crippen LogP contribution in [-0.2, 0) is 9.59 Å². The van der Waals surface area contributed by atoms with Gasteiger partial charge in [0, 0.05) is 18.8 Å². The third kappa shape index (κ3) is 2.60. The van der Waals surface area contributed by atoms with E-state index in [2.05, 4.69) is 5.32 Å². The first-order chi connectivity index (χ1) is 10.2. The van der Waals surface area contributed by atoms with E-state index in [1.54, 1.807) is 31.4 Å². The number of amides is 2. The molecule has 1 heterocycles. The molecule has 1 saturated carbocycles. The van der Waals surface area contributed by atoms with Crippen molar-refractivity contribution in [2.24, 2.45) is 5.41 Å². The highest BCUT2D eigenvalue weighted by molar-refractivity contribution is 6.13. The van der Waals surface area contributed by atoms with Crippen LogP contribution in [0.4, 0.5) is 5.69 Å². The molecule has 112 valence electrons. The van der Waals surface area contributed by atoms with Crippen molar-refractivity contribution in [3.63, 3.8) is 0 Å². The van der Waals surface area contributed by atoms with Crippen molar-refractivity contribution >= 4 is 17.5 Å². The highest BCUT2D eigenvalue weighted by atomic mass is 16.5. The molecule has 2 aliphatic rings. The number of likely N-dealkylation sites (tertiary alicyclic amines) is 1. The molecule has 0 spiro atoms. The minimum absolute atomic E-state index is 0.00557. The predicted octanol–water partition coefficient (Wildman–Crippen LogP) is 2.04. The number of hydrogen-bond acceptors (Lipinski definition) is 3. The fourth-order valence-electron chi connectivity index (χ4n) is 2.81. The molecule has 2 fully saturated rings. The molecule has 0 bridgehead atoms. The van der Waals surface area contributed by atoms with E-state index in [1.807, 2.05) is 4.90 Å². The SMILES string of the molecule is COc1ccc(NC(=O)C2(C(=O)N3CCCC3)CC2)cc1. The molecule has 21 heavy (non-hydrogen) atoms. The summed E-state index contributed by atoms with van der Waals surface area (Å²) in [4.78, 5) is 26.8. The summed E-state index contributed by atoms with van der Waals surface area (Å²) in [6.45, 7) is 1.58. The number of anilines is 1. The monoisotopic (exact) mass is 288 g/mol. The molecule has 1 aliphatic heterocycles. The van der Waals surface area contributed by atoms with Crippen LogP contribution in [0, 0.1) is 5.41 Å². The maximum absolute atomic E-state index is 12.5. The summed E-state index contributed by atoms with van der Waals surface area (Å²) in [5, 5.41) is 2.86. The third-order valence-electron chi connectivity index (χ3n) is 4.34. The minimum atomic E-state index is -0.815. The minimum Gasteiger partial charge on any atom is -0.497 e. The van der Waals surface area contributed by atoms with Crippen molar-refractivity contribution in [3.05, 3.63) is 24.3 Å². The Hall–Kier alpha value is -2.04. The zero-order chi connectivity index (χ0) is 14.9. The van der Waals surface area contributed by atoms with Crippen LogP contribution in [0.25, 0.3) is 0 Å². The maximum atomic E-state index is 12.5. The van der Waals surface area contributed by atoms with Crippen LogP contribution < -0.4 is 10.1 Å². The molecule has 3 rings (SSSR count). The van der Waals surface area contributed by atoms with Gasteiger partial charge in [-0.3, -0.25) is 9.59 Å². The third-order valence-corrected chi connectivity index (χ3v) is 4.34. The summed E-state index contributed by atoms with van der Waals surface area (Å²) >= 11 is 0. The van der Waals surface area contributed by atoms with Crippen LogP contribution in [0.2, 0.25) is 0 Å². The number of rotatable bonds is 4. The van der Waals surface area contributed by atoms with Gasteiger partial charge in [-0.25, -0.2) is 0 Å². The number of carbonyl (C=O) groups excluding carboxylic acids is 2. The Labute approximate surface area is 124 Å². The molecule has 1 saturated heterocycles. The highest BCUT2D eigenvalue weighted by Crippen LogP contribution is 2.48. The van der Waals surface area contributed by atoms with Gasteiger partial charge in [-0.2, -0.15) is 0 Å². The van der Waals surface area contributed by atoms with Gasteiger partial charge in [0.15, 0.2) is 0 Å². The van der Waals surface area contributed by atoms with Gasteiger partial charge >= 0.3 is 0 Å². The molecule has 1 aliphatic carbocycles. The lowest BCUT2D eigenvalue weighted by molar-refractivity contribution is -0.141. The summed E-state index contributed by atoms with van der Waals surface area (Å²) < 4.78 is 5.09. The Bertz CT molecular complexity index is 543. The first kappa shape index (κ1) is 13.9. The fourth-order valence-corrected chi connectivity index (χ4v) is 2.81. The van der Waals surface area contributed by atoms with Crippen LogP contribution in [0.3, 0.4) is 0 Å². The molecule has 0 radical (unpaired) electrons. The normalized spacial score (nSPS) is 19.2. The average Bonchev–Trinajstić information content (AvgIpc) is 3.15. The van der Waals surface area contributed by atoms with E-state index in [4.69, 9.17) is 4.74 Å². The number of nitrogens with one attached hydrogen (secondary N) is 1. The number of carbonyl (C=O) groups is 2. The van der Waals surface area contributed by atoms with Crippen molar-refractivity contribution in [1.82, 2.24) is 4.90 Å². The van der Waals surface area contributed by atoms with E-state index in [1.165, 1.54) is 0 Å². The van der Waals surface area contributed by atoms with Crippen molar-refractivity contribution in [3.8, 4) is 5.75 Å². The van der Waals surface area contributed by atoms with Gasteiger partial charge in [0.1, 0.15) is 11.2 Å². The molecular formula is C16H20N2O3. The summed E-state index contributed by atoms with van der Waals surface area (Å²) in [6.07, 6.45) is 3.40. The van der Waals surface area contributed by atoms with E-state index < -0.39 is 5.41 Å². The molecule has 5 heteroatoms. The summed E-state index contributed by atoms with van der Waals surface area (Å²) in [5.74, 6) is 0.567. The van der Waals surface area contributed by atoms with Crippen LogP contribution in [0.5, 0.6) is 5.75 Å². The number of methoxy groups -OCH3 is 1. The van der Waals surface area contributed by atoms with E-state index in [0.29, 0.717) is 18.5 Å². The molecule has 5 nitrogen and oxygen atoms in total. The van der Waals surface area contributed by atoms with Crippen LogP contribution in [-0.4, -0.2) is 36.9 Å². The molecular weight excluding hydrogens is 268 g/mol. The molecule has 0 unspecified atom stereocenters. The van der Waals surface area contributed by atoms with Crippen molar-refractivity contribution in [2.75, 3.05) is 25.5 Å². The Morgan fingerprint density at radius 3 is 2.29 bits per heavy atom. The van der Waals surface area contributed by atoms with E-state index in [0.717, 1.165) is 31.7 Å².